The molecule has 186 valence electrons. The molecule has 4 rings (SSSR count). The number of fused-ring (bicyclic) bond motifs is 1. The van der Waals surface area contributed by atoms with Gasteiger partial charge >= 0.3 is 11.7 Å². The minimum Gasteiger partial charge on any atom is -0.471 e. The Bertz CT molecular complexity index is 1640. The highest BCUT2D eigenvalue weighted by atomic mass is 35.5. The molecule has 0 spiro atoms. The number of aromatic nitrogens is 4. The third kappa shape index (κ3) is 4.48. The first kappa shape index (κ1) is 24.8. The fourth-order valence-corrected chi connectivity index (χ4v) is 3.72. The second-order valence-corrected chi connectivity index (χ2v) is 7.87. The average molecular weight is 520 g/mol. The molecular formula is C22H16ClF2N5O6. The van der Waals surface area contributed by atoms with Crippen molar-refractivity contribution in [3.8, 4) is 5.88 Å². The van der Waals surface area contributed by atoms with E-state index in [0.717, 1.165) is 17.0 Å². The molecule has 0 aliphatic rings. The molecule has 0 saturated carbocycles. The monoisotopic (exact) mass is 519 g/mol. The maximum atomic E-state index is 13.8. The lowest BCUT2D eigenvalue weighted by Crippen LogP contribution is -2.35. The van der Waals surface area contributed by atoms with Gasteiger partial charge in [-0.05, 0) is 29.8 Å². The number of ether oxygens (including phenoxy) is 1. The van der Waals surface area contributed by atoms with Gasteiger partial charge in [0.05, 0.1) is 17.6 Å². The zero-order valence-corrected chi connectivity index (χ0v) is 18.9. The van der Waals surface area contributed by atoms with Crippen molar-refractivity contribution in [3.63, 3.8) is 0 Å². The standard InChI is InChI=1S/C22H16ClF2N5O6/c23-18-19(36-9-12-2-3-13(24)6-14(12)25)27-10-28(20(18)33)7-11-1-4-15-16(5-11)30(21(26)34)22(35)29(15)17(32)8-31/h1-6,10,31H,7-9H2,(H2,26,34). The van der Waals surface area contributed by atoms with Crippen molar-refractivity contribution in [3.05, 3.63) is 91.3 Å². The Balaban J connectivity index is 1.64. The molecule has 0 fully saturated rings. The number of rotatable bonds is 6. The summed E-state index contributed by atoms with van der Waals surface area (Å²) in [6.45, 7) is -1.44. The summed E-state index contributed by atoms with van der Waals surface area (Å²) in [4.78, 5) is 53.0. The molecule has 0 aliphatic heterocycles. The molecule has 2 aromatic heterocycles. The zero-order valence-electron chi connectivity index (χ0n) is 18.2. The van der Waals surface area contributed by atoms with E-state index in [2.05, 4.69) is 4.98 Å². The Kier molecular flexibility index (Phi) is 6.68. The maximum absolute atomic E-state index is 13.8. The van der Waals surface area contributed by atoms with E-state index in [0.29, 0.717) is 20.8 Å². The van der Waals surface area contributed by atoms with Crippen LogP contribution in [-0.4, -0.2) is 42.3 Å². The fourth-order valence-electron chi connectivity index (χ4n) is 3.51. The van der Waals surface area contributed by atoms with Gasteiger partial charge in [0.15, 0.2) is 5.02 Å². The average Bonchev–Trinajstić information content (AvgIpc) is 3.13. The van der Waals surface area contributed by atoms with Crippen LogP contribution in [0.4, 0.5) is 13.6 Å². The minimum absolute atomic E-state index is 0.0137. The molecule has 2 heterocycles. The van der Waals surface area contributed by atoms with Gasteiger partial charge in [0.25, 0.3) is 11.5 Å². The fraction of sp³-hybridized carbons (Fsp3) is 0.136. The molecule has 0 unspecified atom stereocenters. The number of primary amides is 1. The lowest BCUT2D eigenvalue weighted by atomic mass is 10.2. The van der Waals surface area contributed by atoms with E-state index < -0.39 is 46.5 Å². The van der Waals surface area contributed by atoms with Crippen LogP contribution in [0.15, 0.2) is 52.3 Å². The molecule has 14 heteroatoms. The molecule has 1 amide bonds. The molecule has 2 aromatic carbocycles. The van der Waals surface area contributed by atoms with Gasteiger partial charge in [-0.25, -0.2) is 32.5 Å². The lowest BCUT2D eigenvalue weighted by molar-refractivity contribution is 0.0819. The number of nitrogens with zero attached hydrogens (tertiary/aromatic N) is 4. The van der Waals surface area contributed by atoms with Crippen molar-refractivity contribution in [2.24, 2.45) is 5.73 Å². The molecule has 36 heavy (non-hydrogen) atoms. The van der Waals surface area contributed by atoms with Crippen molar-refractivity contribution in [1.29, 1.82) is 0 Å². The summed E-state index contributed by atoms with van der Waals surface area (Å²) in [5.41, 5.74) is 3.98. The van der Waals surface area contributed by atoms with Crippen molar-refractivity contribution in [2.45, 2.75) is 13.2 Å². The van der Waals surface area contributed by atoms with Crippen LogP contribution in [0.5, 0.6) is 5.88 Å². The molecule has 4 aromatic rings. The first-order valence-corrected chi connectivity index (χ1v) is 10.5. The molecule has 0 aliphatic carbocycles. The number of halogens is 3. The van der Waals surface area contributed by atoms with Gasteiger partial charge in [-0.2, -0.15) is 0 Å². The Morgan fingerprint density at radius 2 is 1.83 bits per heavy atom. The van der Waals surface area contributed by atoms with Crippen LogP contribution in [0.2, 0.25) is 5.02 Å². The normalized spacial score (nSPS) is 11.1. The summed E-state index contributed by atoms with van der Waals surface area (Å²) in [5.74, 6) is -2.81. The topological polar surface area (TPSA) is 151 Å². The highest BCUT2D eigenvalue weighted by Gasteiger charge is 2.21. The summed E-state index contributed by atoms with van der Waals surface area (Å²) in [6.07, 6.45) is 1.12. The number of carbonyl (C=O) groups is 2. The number of aliphatic hydroxyl groups excluding tert-OH is 1. The van der Waals surface area contributed by atoms with Crippen molar-refractivity contribution >= 4 is 34.6 Å². The second-order valence-electron chi connectivity index (χ2n) is 7.49. The number of nitrogens with two attached hydrogens (primary N) is 1. The number of benzene rings is 2. The molecule has 0 bridgehead atoms. The zero-order chi connectivity index (χ0) is 26.1. The van der Waals surface area contributed by atoms with Crippen LogP contribution < -0.4 is 21.7 Å². The Labute approximate surface area is 204 Å². The first-order valence-electron chi connectivity index (χ1n) is 10.1. The van der Waals surface area contributed by atoms with E-state index in [1.165, 1.54) is 24.3 Å². The molecule has 0 radical (unpaired) electrons. The van der Waals surface area contributed by atoms with Gasteiger partial charge in [-0.15, -0.1) is 0 Å². The number of aliphatic hydroxyl groups is 1. The van der Waals surface area contributed by atoms with Crippen LogP contribution in [0.25, 0.3) is 11.0 Å². The number of imidazole rings is 1. The summed E-state index contributed by atoms with van der Waals surface area (Å²) in [6, 6.07) is 5.98. The van der Waals surface area contributed by atoms with Gasteiger partial charge in [0, 0.05) is 11.6 Å². The van der Waals surface area contributed by atoms with Crippen LogP contribution in [0, 0.1) is 11.6 Å². The predicted octanol–water partition coefficient (Wildman–Crippen LogP) is 1.48. The summed E-state index contributed by atoms with van der Waals surface area (Å²) in [5, 5.41) is 8.75. The molecule has 0 saturated heterocycles. The van der Waals surface area contributed by atoms with Crippen LogP contribution in [0.1, 0.15) is 15.9 Å². The first-order chi connectivity index (χ1) is 17.1. The van der Waals surface area contributed by atoms with Crippen molar-refractivity contribution < 1.29 is 28.2 Å². The Morgan fingerprint density at radius 1 is 1.08 bits per heavy atom. The van der Waals surface area contributed by atoms with Gasteiger partial charge in [0.2, 0.25) is 5.88 Å². The third-order valence-electron chi connectivity index (χ3n) is 5.19. The van der Waals surface area contributed by atoms with Gasteiger partial charge in [-0.1, -0.05) is 17.7 Å². The minimum atomic E-state index is -1.15. The third-order valence-corrected chi connectivity index (χ3v) is 5.52. The largest absolute Gasteiger partial charge is 0.471 e. The van der Waals surface area contributed by atoms with Crippen molar-refractivity contribution in [1.82, 2.24) is 18.7 Å². The highest BCUT2D eigenvalue weighted by molar-refractivity contribution is 6.31. The second kappa shape index (κ2) is 9.71. The Morgan fingerprint density at radius 3 is 2.50 bits per heavy atom. The van der Waals surface area contributed by atoms with E-state index in [1.807, 2.05) is 0 Å². The smallest absolute Gasteiger partial charge is 0.344 e. The maximum Gasteiger partial charge on any atom is 0.344 e. The Hall–Kier alpha value is -4.36. The lowest BCUT2D eigenvalue weighted by Gasteiger charge is -2.11. The summed E-state index contributed by atoms with van der Waals surface area (Å²) < 4.78 is 34.4. The molecule has 0 atom stereocenters. The van der Waals surface area contributed by atoms with E-state index in [1.54, 1.807) is 0 Å². The number of hydrogen-bond acceptors (Lipinski definition) is 7. The van der Waals surface area contributed by atoms with Gasteiger partial charge in [-0.3, -0.25) is 14.2 Å². The van der Waals surface area contributed by atoms with Crippen LogP contribution in [0.3, 0.4) is 0 Å². The number of hydrogen-bond donors (Lipinski definition) is 2. The SMILES string of the molecule is NC(=O)n1c(=O)n(C(=O)CO)c2ccc(Cn3cnc(OCc4ccc(F)cc4F)c(Cl)c3=O)cc21. The van der Waals surface area contributed by atoms with Crippen LogP contribution >= 0.6 is 11.6 Å². The predicted molar refractivity (Wildman–Crippen MR) is 122 cm³/mol. The number of amides is 1. The molecule has 3 N–H and O–H groups in total. The molecule has 11 nitrogen and oxygen atoms in total. The quantitative estimate of drug-likeness (QED) is 0.391. The van der Waals surface area contributed by atoms with E-state index in [4.69, 9.17) is 27.2 Å². The summed E-state index contributed by atoms with van der Waals surface area (Å²) in [7, 11) is 0. The van der Waals surface area contributed by atoms with Gasteiger partial charge < -0.3 is 15.6 Å². The van der Waals surface area contributed by atoms with Gasteiger partial charge in [0.1, 0.15) is 31.2 Å². The summed E-state index contributed by atoms with van der Waals surface area (Å²) >= 11 is 6.09. The van der Waals surface area contributed by atoms with Crippen molar-refractivity contribution in [2.75, 3.05) is 6.61 Å². The van der Waals surface area contributed by atoms with E-state index in [9.17, 15) is 28.0 Å². The van der Waals surface area contributed by atoms with E-state index >= 15 is 0 Å². The van der Waals surface area contributed by atoms with E-state index in [-0.39, 0.29) is 35.6 Å². The molecular weight excluding hydrogens is 504 g/mol. The van der Waals surface area contributed by atoms with Crippen LogP contribution in [-0.2, 0) is 13.2 Å². The highest BCUT2D eigenvalue weighted by Crippen LogP contribution is 2.20. The number of carbonyl (C=O) groups excluding carboxylic acids is 2.